The van der Waals surface area contributed by atoms with Crippen molar-refractivity contribution < 1.29 is 19.4 Å². The van der Waals surface area contributed by atoms with Crippen molar-refractivity contribution in [2.75, 3.05) is 18.5 Å². The summed E-state index contributed by atoms with van der Waals surface area (Å²) >= 11 is 0. The largest absolute Gasteiger partial charge is 0.492 e. The molecule has 0 aliphatic heterocycles. The van der Waals surface area contributed by atoms with E-state index in [1.54, 1.807) is 60.8 Å². The lowest BCUT2D eigenvalue weighted by molar-refractivity contribution is -0.139. The van der Waals surface area contributed by atoms with E-state index >= 15 is 0 Å². The molecule has 30 heavy (non-hydrogen) atoms. The molecule has 3 N–H and O–H groups in total. The van der Waals surface area contributed by atoms with Gasteiger partial charge in [0, 0.05) is 18.2 Å². The predicted molar refractivity (Wildman–Crippen MR) is 114 cm³/mol. The summed E-state index contributed by atoms with van der Waals surface area (Å²) < 4.78 is 5.68. The molecule has 1 atom stereocenters. The van der Waals surface area contributed by atoms with Gasteiger partial charge in [0.15, 0.2) is 0 Å². The van der Waals surface area contributed by atoms with Crippen LogP contribution in [0.15, 0.2) is 79.0 Å². The smallest absolute Gasteiger partial charge is 0.326 e. The van der Waals surface area contributed by atoms with Crippen molar-refractivity contribution in [3.63, 3.8) is 0 Å². The van der Waals surface area contributed by atoms with Crippen LogP contribution in [-0.2, 0) is 11.2 Å². The fraction of sp³-hybridized carbons (Fsp3) is 0.174. The number of benzene rings is 2. The fourth-order valence-corrected chi connectivity index (χ4v) is 2.80. The van der Waals surface area contributed by atoms with Crippen molar-refractivity contribution in [1.29, 1.82) is 0 Å². The Morgan fingerprint density at radius 3 is 2.37 bits per heavy atom. The number of nitrogens with one attached hydrogen (secondary N) is 2. The van der Waals surface area contributed by atoms with Gasteiger partial charge in [-0.05, 0) is 42.0 Å². The maximum Gasteiger partial charge on any atom is 0.326 e. The number of carboxylic acids is 1. The first-order chi connectivity index (χ1) is 14.6. The minimum Gasteiger partial charge on any atom is -0.492 e. The average Bonchev–Trinajstić information content (AvgIpc) is 2.78. The Hall–Kier alpha value is -3.87. The maximum atomic E-state index is 12.2. The van der Waals surface area contributed by atoms with Crippen LogP contribution in [0.2, 0.25) is 0 Å². The number of anilines is 1. The molecular weight excluding hydrogens is 382 g/mol. The van der Waals surface area contributed by atoms with Crippen molar-refractivity contribution in [1.82, 2.24) is 10.3 Å². The number of aromatic nitrogens is 1. The van der Waals surface area contributed by atoms with Crippen LogP contribution in [0.4, 0.5) is 5.82 Å². The number of pyridine rings is 1. The first kappa shape index (κ1) is 20.9. The molecule has 0 unspecified atom stereocenters. The molecule has 7 heteroatoms. The van der Waals surface area contributed by atoms with Crippen LogP contribution >= 0.6 is 0 Å². The number of hydrogen-bond donors (Lipinski definition) is 3. The molecule has 1 aromatic heterocycles. The van der Waals surface area contributed by atoms with Crippen LogP contribution < -0.4 is 15.4 Å². The number of carbonyl (C=O) groups excluding carboxylic acids is 1. The minimum absolute atomic E-state index is 0.176. The first-order valence-electron chi connectivity index (χ1n) is 9.57. The van der Waals surface area contributed by atoms with Crippen molar-refractivity contribution in [3.8, 4) is 5.75 Å². The monoisotopic (exact) mass is 405 g/mol. The van der Waals surface area contributed by atoms with Crippen LogP contribution in [0.3, 0.4) is 0 Å². The van der Waals surface area contributed by atoms with Gasteiger partial charge in [-0.25, -0.2) is 9.78 Å². The third kappa shape index (κ3) is 6.34. The van der Waals surface area contributed by atoms with E-state index < -0.39 is 17.9 Å². The standard InChI is InChI=1S/C23H23N3O4/c27-22(18-6-2-1-3-7-18)26-20(23(28)29)16-17-9-11-19(12-10-17)30-15-14-25-21-8-4-5-13-24-21/h1-13,20H,14-16H2,(H,24,25)(H,26,27)(H,28,29)/t20-/m0/s1. The summed E-state index contributed by atoms with van der Waals surface area (Å²) in [6.07, 6.45) is 1.89. The molecule has 7 nitrogen and oxygen atoms in total. The van der Waals surface area contributed by atoms with E-state index in [9.17, 15) is 14.7 Å². The summed E-state index contributed by atoms with van der Waals surface area (Å²) in [5.74, 6) is -0.0287. The number of hydrogen-bond acceptors (Lipinski definition) is 5. The van der Waals surface area contributed by atoms with Gasteiger partial charge in [0.1, 0.15) is 24.2 Å². The second-order valence-corrected chi connectivity index (χ2v) is 6.57. The fourth-order valence-electron chi connectivity index (χ4n) is 2.80. The zero-order valence-corrected chi connectivity index (χ0v) is 16.3. The van der Waals surface area contributed by atoms with Gasteiger partial charge in [0.25, 0.3) is 5.91 Å². The van der Waals surface area contributed by atoms with Gasteiger partial charge < -0.3 is 20.5 Å². The van der Waals surface area contributed by atoms with E-state index in [1.165, 1.54) is 0 Å². The van der Waals surface area contributed by atoms with Crippen molar-refractivity contribution in [3.05, 3.63) is 90.1 Å². The lowest BCUT2D eigenvalue weighted by atomic mass is 10.1. The molecule has 0 aliphatic carbocycles. The van der Waals surface area contributed by atoms with E-state index in [2.05, 4.69) is 15.6 Å². The van der Waals surface area contributed by atoms with E-state index in [-0.39, 0.29) is 6.42 Å². The van der Waals surface area contributed by atoms with E-state index in [4.69, 9.17) is 4.74 Å². The molecule has 0 bridgehead atoms. The summed E-state index contributed by atoms with van der Waals surface area (Å²) in [6.45, 7) is 1.06. The first-order valence-corrected chi connectivity index (χ1v) is 9.57. The molecule has 0 spiro atoms. The molecule has 2 aromatic carbocycles. The van der Waals surface area contributed by atoms with E-state index in [0.29, 0.717) is 24.5 Å². The molecule has 0 saturated carbocycles. The van der Waals surface area contributed by atoms with Crippen molar-refractivity contribution >= 4 is 17.7 Å². The Labute approximate surface area is 174 Å². The normalized spacial score (nSPS) is 11.3. The molecule has 1 amide bonds. The van der Waals surface area contributed by atoms with E-state index in [0.717, 1.165) is 11.4 Å². The topological polar surface area (TPSA) is 101 Å². The molecule has 1 heterocycles. The lowest BCUT2D eigenvalue weighted by Gasteiger charge is -2.15. The Morgan fingerprint density at radius 1 is 0.967 bits per heavy atom. The molecular formula is C23H23N3O4. The Bertz CT molecular complexity index is 947. The maximum absolute atomic E-state index is 12.2. The van der Waals surface area contributed by atoms with Gasteiger partial charge in [-0.15, -0.1) is 0 Å². The zero-order valence-electron chi connectivity index (χ0n) is 16.3. The number of carboxylic acid groups (broad SMARTS) is 1. The molecule has 3 rings (SSSR count). The van der Waals surface area contributed by atoms with Crippen LogP contribution in [0.1, 0.15) is 15.9 Å². The molecule has 0 fully saturated rings. The lowest BCUT2D eigenvalue weighted by Crippen LogP contribution is -2.42. The molecule has 154 valence electrons. The van der Waals surface area contributed by atoms with Crippen LogP contribution in [0, 0.1) is 0 Å². The van der Waals surface area contributed by atoms with Gasteiger partial charge in [-0.3, -0.25) is 4.79 Å². The number of amides is 1. The highest BCUT2D eigenvalue weighted by molar-refractivity contribution is 5.96. The second-order valence-electron chi connectivity index (χ2n) is 6.57. The van der Waals surface area contributed by atoms with Gasteiger partial charge in [0.05, 0.1) is 6.54 Å². The Balaban J connectivity index is 1.49. The highest BCUT2D eigenvalue weighted by Gasteiger charge is 2.21. The highest BCUT2D eigenvalue weighted by atomic mass is 16.5. The van der Waals surface area contributed by atoms with E-state index in [1.807, 2.05) is 18.2 Å². The second kappa shape index (κ2) is 10.6. The van der Waals surface area contributed by atoms with Crippen LogP contribution in [-0.4, -0.2) is 41.2 Å². The summed E-state index contributed by atoms with van der Waals surface area (Å²) in [5, 5.41) is 15.2. The van der Waals surface area contributed by atoms with Gasteiger partial charge in [0.2, 0.25) is 0 Å². The van der Waals surface area contributed by atoms with Crippen molar-refractivity contribution in [2.24, 2.45) is 0 Å². The Kier molecular flexibility index (Phi) is 7.38. The molecule has 0 radical (unpaired) electrons. The summed E-state index contributed by atoms with van der Waals surface area (Å²) in [6, 6.07) is 20.3. The number of carbonyl (C=O) groups is 2. The molecule has 0 aliphatic rings. The predicted octanol–water partition coefficient (Wildman–Crippen LogP) is 3.00. The van der Waals surface area contributed by atoms with Gasteiger partial charge >= 0.3 is 5.97 Å². The number of rotatable bonds is 10. The molecule has 3 aromatic rings. The third-order valence-electron chi connectivity index (χ3n) is 4.34. The SMILES string of the molecule is O=C(N[C@@H](Cc1ccc(OCCNc2ccccn2)cc1)C(=O)O)c1ccccc1. The zero-order chi connectivity index (χ0) is 21.2. The summed E-state index contributed by atoms with van der Waals surface area (Å²) in [7, 11) is 0. The van der Waals surface area contributed by atoms with Gasteiger partial charge in [-0.1, -0.05) is 36.4 Å². The molecule has 0 saturated heterocycles. The quantitative estimate of drug-likeness (QED) is 0.449. The van der Waals surface area contributed by atoms with Crippen molar-refractivity contribution in [2.45, 2.75) is 12.5 Å². The number of nitrogens with zero attached hydrogens (tertiary/aromatic N) is 1. The third-order valence-corrected chi connectivity index (χ3v) is 4.34. The highest BCUT2D eigenvalue weighted by Crippen LogP contribution is 2.14. The van der Waals surface area contributed by atoms with Gasteiger partial charge in [-0.2, -0.15) is 0 Å². The van der Waals surface area contributed by atoms with Crippen LogP contribution in [0.5, 0.6) is 5.75 Å². The average molecular weight is 405 g/mol. The Morgan fingerprint density at radius 2 is 1.70 bits per heavy atom. The number of ether oxygens (including phenoxy) is 1. The van der Waals surface area contributed by atoms with Crippen LogP contribution in [0.25, 0.3) is 0 Å². The number of aliphatic carboxylic acids is 1. The summed E-state index contributed by atoms with van der Waals surface area (Å²) in [4.78, 5) is 28.0. The minimum atomic E-state index is -1.08. The summed E-state index contributed by atoms with van der Waals surface area (Å²) in [5.41, 5.74) is 1.21.